The molecule has 1 aromatic carbocycles. The van der Waals surface area contributed by atoms with E-state index in [0.29, 0.717) is 12.0 Å². The molecule has 0 amide bonds. The third-order valence-corrected chi connectivity index (χ3v) is 3.23. The minimum absolute atomic E-state index is 0.00773. The van der Waals surface area contributed by atoms with Crippen LogP contribution in [0.15, 0.2) is 18.2 Å². The highest BCUT2D eigenvalue weighted by molar-refractivity contribution is 6.00. The molecule has 0 aliphatic heterocycles. The number of esters is 1. The Morgan fingerprint density at radius 1 is 1.15 bits per heavy atom. The Bertz CT molecular complexity index is 466. The van der Waals surface area contributed by atoms with Gasteiger partial charge in [-0.05, 0) is 24.6 Å². The van der Waals surface area contributed by atoms with Crippen molar-refractivity contribution in [1.82, 2.24) is 0 Å². The first-order valence-corrected chi connectivity index (χ1v) is 7.04. The summed E-state index contributed by atoms with van der Waals surface area (Å²) in [4.78, 5) is 23.5. The van der Waals surface area contributed by atoms with Crippen LogP contribution < -0.4 is 0 Å². The largest absolute Gasteiger partial charge is 0.507 e. The third-order valence-electron chi connectivity index (χ3n) is 3.23. The maximum absolute atomic E-state index is 12.0. The number of unbranched alkanes of at least 4 members (excludes halogenated alkanes) is 4. The Morgan fingerprint density at radius 2 is 1.85 bits per heavy atom. The van der Waals surface area contributed by atoms with Crippen molar-refractivity contribution in [1.29, 1.82) is 0 Å². The molecule has 4 heteroatoms. The van der Waals surface area contributed by atoms with Crippen LogP contribution in [0.4, 0.5) is 0 Å². The van der Waals surface area contributed by atoms with Crippen LogP contribution in [0, 0.1) is 0 Å². The molecule has 0 saturated carbocycles. The van der Waals surface area contributed by atoms with Gasteiger partial charge in [0.1, 0.15) is 11.3 Å². The first-order valence-electron chi connectivity index (χ1n) is 7.04. The molecule has 0 spiro atoms. The highest BCUT2D eigenvalue weighted by atomic mass is 16.5. The van der Waals surface area contributed by atoms with E-state index in [1.807, 2.05) is 0 Å². The maximum Gasteiger partial charge on any atom is 0.341 e. The summed E-state index contributed by atoms with van der Waals surface area (Å²) in [5.74, 6) is -0.817. The maximum atomic E-state index is 12.0. The number of phenolic OH excluding ortho intramolecular Hbond substituents is 1. The van der Waals surface area contributed by atoms with Crippen LogP contribution in [0.5, 0.6) is 5.75 Å². The molecule has 1 aromatic rings. The van der Waals surface area contributed by atoms with Crippen LogP contribution in [0.1, 0.15) is 66.2 Å². The highest BCUT2D eigenvalue weighted by Gasteiger charge is 2.15. The molecule has 0 saturated heterocycles. The first-order chi connectivity index (χ1) is 9.60. The molecule has 0 heterocycles. The van der Waals surface area contributed by atoms with Gasteiger partial charge in [-0.2, -0.15) is 0 Å². The van der Waals surface area contributed by atoms with Crippen LogP contribution in [-0.4, -0.2) is 24.0 Å². The van der Waals surface area contributed by atoms with Crippen LogP contribution in [0.3, 0.4) is 0 Å². The number of hydrogen-bond donors (Lipinski definition) is 1. The summed E-state index contributed by atoms with van der Waals surface area (Å²) in [6, 6.07) is 4.29. The van der Waals surface area contributed by atoms with Crippen LogP contribution >= 0.6 is 0 Å². The van der Waals surface area contributed by atoms with Crippen molar-refractivity contribution in [3.05, 3.63) is 29.3 Å². The quantitative estimate of drug-likeness (QED) is 0.447. The van der Waals surface area contributed by atoms with Crippen molar-refractivity contribution in [2.45, 2.75) is 45.4 Å². The Hall–Kier alpha value is -1.84. The summed E-state index contributed by atoms with van der Waals surface area (Å²) >= 11 is 0. The molecule has 0 aliphatic rings. The van der Waals surface area contributed by atoms with E-state index in [1.165, 1.54) is 38.2 Å². The molecule has 1 rings (SSSR count). The van der Waals surface area contributed by atoms with Gasteiger partial charge in [0, 0.05) is 12.0 Å². The molecule has 0 aliphatic carbocycles. The minimum atomic E-state index is -0.639. The number of ketones is 1. The molecule has 1 N–H and O–H groups in total. The van der Waals surface area contributed by atoms with E-state index in [4.69, 9.17) is 0 Å². The van der Waals surface area contributed by atoms with Crippen molar-refractivity contribution in [2.24, 2.45) is 0 Å². The Balaban J connectivity index is 2.62. The van der Waals surface area contributed by atoms with Crippen molar-refractivity contribution in [3.63, 3.8) is 0 Å². The average Bonchev–Trinajstić information content (AvgIpc) is 2.46. The van der Waals surface area contributed by atoms with E-state index in [0.717, 1.165) is 19.3 Å². The summed E-state index contributed by atoms with van der Waals surface area (Å²) in [6.45, 7) is 2.15. The number of ether oxygens (including phenoxy) is 1. The molecule has 4 nitrogen and oxygen atoms in total. The number of hydrogen-bond acceptors (Lipinski definition) is 4. The Labute approximate surface area is 119 Å². The van der Waals surface area contributed by atoms with Gasteiger partial charge in [-0.1, -0.05) is 32.6 Å². The fourth-order valence-electron chi connectivity index (χ4n) is 2.02. The second-order valence-electron chi connectivity index (χ2n) is 4.81. The highest BCUT2D eigenvalue weighted by Crippen LogP contribution is 2.21. The lowest BCUT2D eigenvalue weighted by molar-refractivity contribution is 0.0597. The molecule has 0 bridgehead atoms. The Kier molecular flexibility index (Phi) is 6.77. The molecule has 0 aromatic heterocycles. The van der Waals surface area contributed by atoms with Crippen molar-refractivity contribution < 1.29 is 19.4 Å². The summed E-state index contributed by atoms with van der Waals surface area (Å²) in [5, 5.41) is 9.58. The number of Topliss-reactive ketones (excluding diaryl/α,β-unsaturated/α-hetero) is 1. The fourth-order valence-corrected chi connectivity index (χ4v) is 2.02. The van der Waals surface area contributed by atoms with Gasteiger partial charge >= 0.3 is 5.97 Å². The third kappa shape index (κ3) is 4.68. The lowest BCUT2D eigenvalue weighted by atomic mass is 10.0. The number of rotatable bonds is 8. The van der Waals surface area contributed by atoms with E-state index < -0.39 is 5.97 Å². The van der Waals surface area contributed by atoms with Gasteiger partial charge in [0.2, 0.25) is 0 Å². The van der Waals surface area contributed by atoms with Crippen molar-refractivity contribution in [2.75, 3.05) is 7.11 Å². The Morgan fingerprint density at radius 3 is 2.50 bits per heavy atom. The van der Waals surface area contributed by atoms with Crippen LogP contribution in [0.2, 0.25) is 0 Å². The standard InChI is InChI=1S/C16H22O4/c1-3-4-5-6-7-8-14(17)12-9-10-15(18)13(11-12)16(19)20-2/h9-11,18H,3-8H2,1-2H3. The van der Waals surface area contributed by atoms with E-state index >= 15 is 0 Å². The molecule has 20 heavy (non-hydrogen) atoms. The predicted molar refractivity (Wildman–Crippen MR) is 77.2 cm³/mol. The molecule has 0 unspecified atom stereocenters. The van der Waals surface area contributed by atoms with Gasteiger partial charge in [-0.3, -0.25) is 4.79 Å². The number of carbonyl (C=O) groups excluding carboxylic acids is 2. The normalized spacial score (nSPS) is 10.3. The van der Waals surface area contributed by atoms with Gasteiger partial charge in [0.15, 0.2) is 5.78 Å². The number of aromatic hydroxyl groups is 1. The van der Waals surface area contributed by atoms with Gasteiger partial charge < -0.3 is 9.84 Å². The number of carbonyl (C=O) groups is 2. The monoisotopic (exact) mass is 278 g/mol. The van der Waals surface area contributed by atoms with E-state index in [-0.39, 0.29) is 17.1 Å². The van der Waals surface area contributed by atoms with E-state index in [2.05, 4.69) is 11.7 Å². The molecular formula is C16H22O4. The van der Waals surface area contributed by atoms with Gasteiger partial charge in [-0.15, -0.1) is 0 Å². The van der Waals surface area contributed by atoms with Gasteiger partial charge in [0.25, 0.3) is 0 Å². The zero-order valence-electron chi connectivity index (χ0n) is 12.1. The van der Waals surface area contributed by atoms with Gasteiger partial charge in [-0.25, -0.2) is 4.79 Å². The number of phenols is 1. The molecular weight excluding hydrogens is 256 g/mol. The van der Waals surface area contributed by atoms with Crippen molar-refractivity contribution >= 4 is 11.8 Å². The number of benzene rings is 1. The number of methoxy groups -OCH3 is 1. The lowest BCUT2D eigenvalue weighted by Gasteiger charge is -2.06. The zero-order valence-corrected chi connectivity index (χ0v) is 12.1. The fraction of sp³-hybridized carbons (Fsp3) is 0.500. The lowest BCUT2D eigenvalue weighted by Crippen LogP contribution is -2.05. The average molecular weight is 278 g/mol. The summed E-state index contributed by atoms with van der Waals surface area (Å²) in [7, 11) is 1.24. The van der Waals surface area contributed by atoms with Crippen LogP contribution in [-0.2, 0) is 4.74 Å². The second-order valence-corrected chi connectivity index (χ2v) is 4.81. The van der Waals surface area contributed by atoms with E-state index in [1.54, 1.807) is 0 Å². The molecule has 0 radical (unpaired) electrons. The second kappa shape index (κ2) is 8.35. The summed E-state index contributed by atoms with van der Waals surface area (Å²) in [5.41, 5.74) is 0.475. The smallest absolute Gasteiger partial charge is 0.341 e. The molecule has 0 fully saturated rings. The SMILES string of the molecule is CCCCCCCC(=O)c1ccc(O)c(C(=O)OC)c1. The van der Waals surface area contributed by atoms with Crippen LogP contribution in [0.25, 0.3) is 0 Å². The molecule has 110 valence electrons. The summed E-state index contributed by atoms with van der Waals surface area (Å²) < 4.78 is 4.57. The topological polar surface area (TPSA) is 63.6 Å². The minimum Gasteiger partial charge on any atom is -0.507 e. The zero-order chi connectivity index (χ0) is 15.0. The predicted octanol–water partition coefficient (Wildman–Crippen LogP) is 3.72. The molecule has 0 atom stereocenters. The first kappa shape index (κ1) is 16.2. The van der Waals surface area contributed by atoms with Crippen molar-refractivity contribution in [3.8, 4) is 5.75 Å². The van der Waals surface area contributed by atoms with E-state index in [9.17, 15) is 14.7 Å². The van der Waals surface area contributed by atoms with Gasteiger partial charge in [0.05, 0.1) is 7.11 Å². The summed E-state index contributed by atoms with van der Waals surface area (Å²) in [6.07, 6.45) is 5.88.